The van der Waals surface area contributed by atoms with Crippen LogP contribution in [0.5, 0.6) is 0 Å². The fourth-order valence-electron chi connectivity index (χ4n) is 5.04. The fourth-order valence-corrected chi connectivity index (χ4v) is 5.04. The Morgan fingerprint density at radius 1 is 0.833 bits per heavy atom. The summed E-state index contributed by atoms with van der Waals surface area (Å²) < 4.78 is 2.45. The van der Waals surface area contributed by atoms with Crippen LogP contribution in [0.4, 0.5) is 0 Å². The van der Waals surface area contributed by atoms with Gasteiger partial charge in [-0.15, -0.1) is 0 Å². The molecule has 0 radical (unpaired) electrons. The minimum absolute atomic E-state index is 1.03. The van der Waals surface area contributed by atoms with Gasteiger partial charge in [-0.25, -0.2) is 0 Å². The number of para-hydroxylation sites is 2. The van der Waals surface area contributed by atoms with E-state index in [1.165, 1.54) is 54.5 Å². The molecule has 3 aliphatic rings. The molecule has 0 amide bonds. The largest absolute Gasteiger partial charge is 0.354 e. The Morgan fingerprint density at radius 3 is 2.53 bits per heavy atom. The second-order valence-electron chi connectivity index (χ2n) is 8.05. The van der Waals surface area contributed by atoms with E-state index in [1.54, 1.807) is 0 Å². The van der Waals surface area contributed by atoms with Gasteiger partial charge in [-0.2, -0.15) is 0 Å². The lowest BCUT2D eigenvalue weighted by molar-refractivity contribution is 0.977. The summed E-state index contributed by atoms with van der Waals surface area (Å²) in [4.78, 5) is 8.47. The Bertz CT molecular complexity index is 1740. The first kappa shape index (κ1) is 16.0. The van der Waals surface area contributed by atoms with E-state index in [4.69, 9.17) is 4.98 Å². The summed E-state index contributed by atoms with van der Waals surface area (Å²) in [5, 5.41) is 7.28. The lowest BCUT2D eigenvalue weighted by atomic mass is 10.1. The number of hydrogen-bond acceptors (Lipinski definition) is 1. The van der Waals surface area contributed by atoms with E-state index >= 15 is 0 Å². The molecule has 7 rings (SSSR count). The number of aromatic amines is 1. The molecular formula is C27H19N3. The summed E-state index contributed by atoms with van der Waals surface area (Å²) >= 11 is 0. The first-order valence-corrected chi connectivity index (χ1v) is 10.5. The monoisotopic (exact) mass is 385 g/mol. The second kappa shape index (κ2) is 5.83. The zero-order valence-electron chi connectivity index (χ0n) is 16.4. The Balaban J connectivity index is 1.82. The number of rotatable bonds is 1. The van der Waals surface area contributed by atoms with Crippen LogP contribution in [0.25, 0.3) is 49.3 Å². The zero-order chi connectivity index (χ0) is 19.7. The highest BCUT2D eigenvalue weighted by Crippen LogP contribution is 2.35. The maximum absolute atomic E-state index is 4.77. The topological polar surface area (TPSA) is 33.6 Å². The number of hydrogen-bond donors (Lipinski definition) is 1. The highest BCUT2D eigenvalue weighted by molar-refractivity contribution is 6.17. The van der Waals surface area contributed by atoms with Gasteiger partial charge in [-0.3, -0.25) is 4.98 Å². The molecule has 1 aromatic heterocycles. The third-order valence-electron chi connectivity index (χ3n) is 6.43. The molecule has 2 aliphatic heterocycles. The van der Waals surface area contributed by atoms with E-state index in [1.807, 2.05) is 6.20 Å². The van der Waals surface area contributed by atoms with E-state index in [2.05, 4.69) is 88.4 Å². The molecular weight excluding hydrogens is 366 g/mol. The van der Waals surface area contributed by atoms with Crippen LogP contribution >= 0.6 is 0 Å². The first-order valence-electron chi connectivity index (χ1n) is 10.5. The molecule has 3 heterocycles. The molecule has 0 unspecified atom stereocenters. The third kappa shape index (κ3) is 2.01. The van der Waals surface area contributed by atoms with E-state index in [0.29, 0.717) is 0 Å². The summed E-state index contributed by atoms with van der Waals surface area (Å²) in [5.41, 5.74) is 6.09. The predicted octanol–water partition coefficient (Wildman–Crippen LogP) is 6.74. The quantitative estimate of drug-likeness (QED) is 0.334. The molecule has 0 spiro atoms. The molecule has 3 heteroatoms. The lowest BCUT2D eigenvalue weighted by Crippen LogP contribution is -2.01. The third-order valence-corrected chi connectivity index (χ3v) is 6.43. The van der Waals surface area contributed by atoms with Crippen molar-refractivity contribution in [2.45, 2.75) is 12.8 Å². The highest BCUT2D eigenvalue weighted by Gasteiger charge is 2.16. The molecule has 0 saturated heterocycles. The molecule has 30 heavy (non-hydrogen) atoms. The van der Waals surface area contributed by atoms with Crippen LogP contribution in [0.15, 0.2) is 85.1 Å². The molecule has 1 N–H and O–H groups in total. The lowest BCUT2D eigenvalue weighted by Gasteiger charge is -2.17. The van der Waals surface area contributed by atoms with Crippen LogP contribution in [-0.4, -0.2) is 14.5 Å². The number of benzene rings is 3. The molecule has 0 bridgehead atoms. The van der Waals surface area contributed by atoms with Gasteiger partial charge in [0.25, 0.3) is 0 Å². The Hall–Kier alpha value is -3.85. The average molecular weight is 385 g/mol. The van der Waals surface area contributed by atoms with Gasteiger partial charge in [0.05, 0.1) is 21.9 Å². The van der Waals surface area contributed by atoms with Gasteiger partial charge in [0.2, 0.25) is 0 Å². The highest BCUT2D eigenvalue weighted by atomic mass is 15.0. The standard InChI is InChI=1S/C27H19N3/c1-2-8-17(9-3-1)30-23-13-7-5-11-19(23)21-16-28-26(21)25-24(30)15-14-20-18-10-4-6-12-22(18)29-27(20)25/h1-2,4-8,10-16,29H,3,9H2. The number of fused-ring (bicyclic) bond motifs is 8. The van der Waals surface area contributed by atoms with Crippen molar-refractivity contribution in [1.82, 2.24) is 14.5 Å². The van der Waals surface area contributed by atoms with Crippen molar-refractivity contribution in [1.29, 1.82) is 0 Å². The van der Waals surface area contributed by atoms with Gasteiger partial charge in [0.15, 0.2) is 0 Å². The molecule has 1 aliphatic carbocycles. The Morgan fingerprint density at radius 2 is 1.70 bits per heavy atom. The molecule has 4 aromatic rings. The number of aromatic nitrogens is 3. The van der Waals surface area contributed by atoms with E-state index in [0.717, 1.165) is 18.2 Å². The zero-order valence-corrected chi connectivity index (χ0v) is 16.4. The molecule has 142 valence electrons. The summed E-state index contributed by atoms with van der Waals surface area (Å²) in [6.45, 7) is 0. The smallest absolute Gasteiger partial charge is 0.0839 e. The van der Waals surface area contributed by atoms with Gasteiger partial charge in [0.1, 0.15) is 0 Å². The van der Waals surface area contributed by atoms with Crippen LogP contribution < -0.4 is 0 Å². The minimum Gasteiger partial charge on any atom is -0.354 e. The first-order chi connectivity index (χ1) is 14.9. The number of H-pyrrole nitrogens is 1. The molecule has 3 aromatic carbocycles. The van der Waals surface area contributed by atoms with E-state index in [9.17, 15) is 0 Å². The summed E-state index contributed by atoms with van der Waals surface area (Å²) in [6, 6.07) is 21.8. The van der Waals surface area contributed by atoms with Crippen LogP contribution in [0.3, 0.4) is 0 Å². The molecule has 3 nitrogen and oxygen atoms in total. The average Bonchev–Trinajstić information content (AvgIpc) is 3.12. The van der Waals surface area contributed by atoms with Crippen molar-refractivity contribution in [2.24, 2.45) is 0 Å². The number of nitrogens with zero attached hydrogens (tertiary/aromatic N) is 2. The van der Waals surface area contributed by atoms with Gasteiger partial charge < -0.3 is 9.55 Å². The fraction of sp³-hybridized carbons (Fsp3) is 0.0741. The summed E-state index contributed by atoms with van der Waals surface area (Å²) in [5.74, 6) is 0. The van der Waals surface area contributed by atoms with Gasteiger partial charge in [0, 0.05) is 44.2 Å². The number of nitrogens with one attached hydrogen (secondary N) is 1. The van der Waals surface area contributed by atoms with Crippen molar-refractivity contribution >= 4 is 49.3 Å². The normalized spacial score (nSPS) is 14.5. The van der Waals surface area contributed by atoms with E-state index < -0.39 is 0 Å². The van der Waals surface area contributed by atoms with Crippen LogP contribution in [0.2, 0.25) is 0 Å². The SMILES string of the molecule is C1=CCCC(n2c3ccccc3c3cnc=3c3c4[nH]c5ccccc5c4ccc32)=C1. The molecule has 0 saturated carbocycles. The van der Waals surface area contributed by atoms with Gasteiger partial charge >= 0.3 is 0 Å². The van der Waals surface area contributed by atoms with E-state index in [-0.39, 0.29) is 0 Å². The molecule has 0 atom stereocenters. The van der Waals surface area contributed by atoms with Crippen LogP contribution in [0, 0.1) is 10.6 Å². The Labute approximate surface area is 172 Å². The van der Waals surface area contributed by atoms with Crippen molar-refractivity contribution in [3.05, 3.63) is 95.7 Å². The maximum atomic E-state index is 4.77. The van der Waals surface area contributed by atoms with Crippen LogP contribution in [0.1, 0.15) is 12.8 Å². The molecule has 0 fully saturated rings. The predicted molar refractivity (Wildman–Crippen MR) is 125 cm³/mol. The Kier molecular flexibility index (Phi) is 3.11. The van der Waals surface area contributed by atoms with Crippen molar-refractivity contribution < 1.29 is 0 Å². The van der Waals surface area contributed by atoms with Crippen molar-refractivity contribution in [3.8, 4) is 0 Å². The summed E-state index contributed by atoms with van der Waals surface area (Å²) in [7, 11) is 0. The minimum atomic E-state index is 1.03. The van der Waals surface area contributed by atoms with Gasteiger partial charge in [-0.1, -0.05) is 54.6 Å². The van der Waals surface area contributed by atoms with Crippen LogP contribution in [-0.2, 0) is 0 Å². The van der Waals surface area contributed by atoms with Gasteiger partial charge in [-0.05, 0) is 37.1 Å². The van der Waals surface area contributed by atoms with Crippen molar-refractivity contribution in [2.75, 3.05) is 0 Å². The summed E-state index contributed by atoms with van der Waals surface area (Å²) in [6.07, 6.45) is 10.8. The number of allylic oxidation sites excluding steroid dienone is 4. The maximum Gasteiger partial charge on any atom is 0.0839 e. The second-order valence-corrected chi connectivity index (χ2v) is 8.05. The van der Waals surface area contributed by atoms with Crippen molar-refractivity contribution in [3.63, 3.8) is 0 Å².